The Hall–Kier alpha value is -2.42. The van der Waals surface area contributed by atoms with Crippen LogP contribution in [-0.4, -0.2) is 17.3 Å². The first-order valence-electron chi connectivity index (χ1n) is 7.44. The number of phenolic OH excluding ortho intramolecular Hbond substituents is 2. The molecular formula is C19H24O3. The molecule has 0 heterocycles. The summed E-state index contributed by atoms with van der Waals surface area (Å²) < 4.78 is 5.11. The molecule has 0 aliphatic rings. The smallest absolute Gasteiger partial charge is 0.160 e. The van der Waals surface area contributed by atoms with E-state index in [1.807, 2.05) is 44.2 Å². The van der Waals surface area contributed by atoms with Crippen molar-refractivity contribution in [3.05, 3.63) is 59.7 Å². The van der Waals surface area contributed by atoms with Gasteiger partial charge in [0.15, 0.2) is 11.5 Å². The Labute approximate surface area is 132 Å². The third kappa shape index (κ3) is 4.85. The number of ether oxygens (including phenoxy) is 1. The molecule has 0 radical (unpaired) electrons. The average molecular weight is 300 g/mol. The highest BCUT2D eigenvalue weighted by Gasteiger charge is 2.06. The molecule has 0 saturated heterocycles. The minimum Gasteiger partial charge on any atom is -0.508 e. The maximum absolute atomic E-state index is 9.58. The first kappa shape index (κ1) is 17.6. The molecule has 3 heteroatoms. The summed E-state index contributed by atoms with van der Waals surface area (Å²) in [5.41, 5.74) is 2.09. The standard InChI is InChI=1S/C17H18O3.C2H6/c1-12(3-4-13-5-8-15(18)9-6-13)14-7-10-16(19)17(11-14)20-2;1-2/h3-12,18-19H,1-2H3;1-2H3/b4-3+;. The SMILES string of the molecule is CC.COc1cc(C(C)/C=C/c2ccc(O)cc2)ccc1O. The zero-order chi connectivity index (χ0) is 16.5. The first-order valence-corrected chi connectivity index (χ1v) is 7.44. The van der Waals surface area contributed by atoms with Crippen LogP contribution >= 0.6 is 0 Å². The van der Waals surface area contributed by atoms with E-state index in [4.69, 9.17) is 4.74 Å². The number of hydrogen-bond donors (Lipinski definition) is 2. The maximum atomic E-state index is 9.58. The number of aromatic hydroxyl groups is 2. The Morgan fingerprint density at radius 1 is 1.00 bits per heavy atom. The number of hydrogen-bond acceptors (Lipinski definition) is 3. The van der Waals surface area contributed by atoms with Crippen molar-refractivity contribution < 1.29 is 14.9 Å². The van der Waals surface area contributed by atoms with Crippen molar-refractivity contribution in [1.82, 2.24) is 0 Å². The van der Waals surface area contributed by atoms with E-state index in [0.717, 1.165) is 11.1 Å². The van der Waals surface area contributed by atoms with E-state index in [1.54, 1.807) is 18.2 Å². The third-order valence-electron chi connectivity index (χ3n) is 3.20. The van der Waals surface area contributed by atoms with E-state index >= 15 is 0 Å². The Morgan fingerprint density at radius 2 is 1.64 bits per heavy atom. The maximum Gasteiger partial charge on any atom is 0.160 e. The van der Waals surface area contributed by atoms with Crippen molar-refractivity contribution in [2.45, 2.75) is 26.7 Å². The number of methoxy groups -OCH3 is 1. The monoisotopic (exact) mass is 300 g/mol. The molecule has 1 atom stereocenters. The van der Waals surface area contributed by atoms with E-state index in [1.165, 1.54) is 7.11 Å². The quantitative estimate of drug-likeness (QED) is 0.840. The zero-order valence-electron chi connectivity index (χ0n) is 13.6. The van der Waals surface area contributed by atoms with Gasteiger partial charge in [-0.15, -0.1) is 0 Å². The van der Waals surface area contributed by atoms with Gasteiger partial charge in [-0.1, -0.05) is 51.1 Å². The van der Waals surface area contributed by atoms with Gasteiger partial charge in [0.2, 0.25) is 0 Å². The van der Waals surface area contributed by atoms with Crippen LogP contribution in [0.2, 0.25) is 0 Å². The van der Waals surface area contributed by atoms with Crippen molar-refractivity contribution in [2.24, 2.45) is 0 Å². The average Bonchev–Trinajstić information content (AvgIpc) is 2.56. The van der Waals surface area contributed by atoms with Gasteiger partial charge in [0, 0.05) is 0 Å². The fourth-order valence-corrected chi connectivity index (χ4v) is 1.93. The summed E-state index contributed by atoms with van der Waals surface area (Å²) in [6, 6.07) is 12.4. The van der Waals surface area contributed by atoms with Crippen molar-refractivity contribution in [2.75, 3.05) is 7.11 Å². The largest absolute Gasteiger partial charge is 0.508 e. The van der Waals surface area contributed by atoms with E-state index in [9.17, 15) is 10.2 Å². The molecule has 0 aliphatic carbocycles. The highest BCUT2D eigenvalue weighted by molar-refractivity contribution is 5.52. The molecular weight excluding hydrogens is 276 g/mol. The van der Waals surface area contributed by atoms with Gasteiger partial charge in [-0.05, 0) is 41.3 Å². The summed E-state index contributed by atoms with van der Waals surface area (Å²) in [5, 5.41) is 18.8. The second kappa shape index (κ2) is 8.78. The molecule has 2 aromatic rings. The Morgan fingerprint density at radius 3 is 2.23 bits per heavy atom. The van der Waals surface area contributed by atoms with Crippen molar-refractivity contribution in [3.8, 4) is 17.2 Å². The molecule has 0 amide bonds. The topological polar surface area (TPSA) is 49.7 Å². The van der Waals surface area contributed by atoms with Crippen molar-refractivity contribution >= 4 is 6.08 Å². The van der Waals surface area contributed by atoms with Gasteiger partial charge in [0.05, 0.1) is 7.11 Å². The molecule has 22 heavy (non-hydrogen) atoms. The van der Waals surface area contributed by atoms with Gasteiger partial charge >= 0.3 is 0 Å². The molecule has 0 saturated carbocycles. The Balaban J connectivity index is 0.00000116. The molecule has 0 fully saturated rings. The summed E-state index contributed by atoms with van der Waals surface area (Å²) in [6.07, 6.45) is 4.07. The molecule has 1 unspecified atom stereocenters. The highest BCUT2D eigenvalue weighted by Crippen LogP contribution is 2.30. The second-order valence-corrected chi connectivity index (χ2v) is 4.67. The van der Waals surface area contributed by atoms with Crippen LogP contribution in [-0.2, 0) is 0 Å². The molecule has 0 aliphatic heterocycles. The van der Waals surface area contributed by atoms with Gasteiger partial charge in [0.25, 0.3) is 0 Å². The van der Waals surface area contributed by atoms with Crippen LogP contribution in [0, 0.1) is 0 Å². The summed E-state index contributed by atoms with van der Waals surface area (Å²) in [5.74, 6) is 1.08. The molecule has 2 N–H and O–H groups in total. The van der Waals surface area contributed by atoms with Gasteiger partial charge in [-0.3, -0.25) is 0 Å². The normalized spacial score (nSPS) is 11.6. The molecule has 0 bridgehead atoms. The summed E-state index contributed by atoms with van der Waals surface area (Å²) >= 11 is 0. The van der Waals surface area contributed by atoms with E-state index in [2.05, 4.69) is 13.0 Å². The van der Waals surface area contributed by atoms with Crippen LogP contribution in [0.3, 0.4) is 0 Å². The van der Waals surface area contributed by atoms with Gasteiger partial charge in [-0.2, -0.15) is 0 Å². The van der Waals surface area contributed by atoms with Crippen LogP contribution in [0.5, 0.6) is 17.2 Å². The minimum absolute atomic E-state index is 0.144. The summed E-state index contributed by atoms with van der Waals surface area (Å²) in [6.45, 7) is 6.07. The lowest BCUT2D eigenvalue weighted by Crippen LogP contribution is -1.91. The fourth-order valence-electron chi connectivity index (χ4n) is 1.93. The molecule has 118 valence electrons. The highest BCUT2D eigenvalue weighted by atomic mass is 16.5. The predicted molar refractivity (Wildman–Crippen MR) is 91.6 cm³/mol. The summed E-state index contributed by atoms with van der Waals surface area (Å²) in [7, 11) is 1.54. The molecule has 3 nitrogen and oxygen atoms in total. The molecule has 0 aromatic heterocycles. The van der Waals surface area contributed by atoms with Crippen molar-refractivity contribution in [1.29, 1.82) is 0 Å². The van der Waals surface area contributed by atoms with Crippen LogP contribution in [0.4, 0.5) is 0 Å². The lowest BCUT2D eigenvalue weighted by atomic mass is 9.99. The van der Waals surface area contributed by atoms with Crippen LogP contribution in [0.15, 0.2) is 48.5 Å². The number of rotatable bonds is 4. The molecule has 2 aromatic carbocycles. The third-order valence-corrected chi connectivity index (χ3v) is 3.20. The first-order chi connectivity index (χ1) is 10.6. The van der Waals surface area contributed by atoms with E-state index < -0.39 is 0 Å². The summed E-state index contributed by atoms with van der Waals surface area (Å²) in [4.78, 5) is 0. The molecule has 2 rings (SSSR count). The van der Waals surface area contributed by atoms with Crippen LogP contribution in [0.25, 0.3) is 6.08 Å². The number of benzene rings is 2. The van der Waals surface area contributed by atoms with Crippen LogP contribution < -0.4 is 4.74 Å². The van der Waals surface area contributed by atoms with E-state index in [-0.39, 0.29) is 17.4 Å². The van der Waals surface area contributed by atoms with Gasteiger partial charge < -0.3 is 14.9 Å². The number of phenols is 2. The van der Waals surface area contributed by atoms with Gasteiger partial charge in [0.1, 0.15) is 5.75 Å². The Kier molecular flexibility index (Phi) is 7.03. The number of allylic oxidation sites excluding steroid dienone is 1. The zero-order valence-corrected chi connectivity index (χ0v) is 13.6. The Bertz CT molecular complexity index is 601. The van der Waals surface area contributed by atoms with E-state index in [0.29, 0.717) is 5.75 Å². The second-order valence-electron chi connectivity index (χ2n) is 4.67. The lowest BCUT2D eigenvalue weighted by Gasteiger charge is -2.10. The van der Waals surface area contributed by atoms with Crippen LogP contribution in [0.1, 0.15) is 37.8 Å². The minimum atomic E-state index is 0.144. The fraction of sp³-hybridized carbons (Fsp3) is 0.263. The lowest BCUT2D eigenvalue weighted by molar-refractivity contribution is 0.373. The predicted octanol–water partition coefficient (Wildman–Crippen LogP) is 4.95. The van der Waals surface area contributed by atoms with Crippen molar-refractivity contribution in [3.63, 3.8) is 0 Å². The van der Waals surface area contributed by atoms with Gasteiger partial charge in [-0.25, -0.2) is 0 Å². The molecule has 0 spiro atoms.